The Morgan fingerprint density at radius 1 is 1.06 bits per heavy atom. The predicted molar refractivity (Wildman–Crippen MR) is 134 cm³/mol. The molecule has 3 unspecified atom stereocenters. The molecule has 1 aliphatic carbocycles. The Kier molecular flexibility index (Phi) is 6.19. The Balaban J connectivity index is 1.54. The lowest BCUT2D eigenvalue weighted by Gasteiger charge is -2.57. The molecule has 2 aromatic rings. The number of carbonyl (C=O) groups excluding carboxylic acids is 1. The van der Waals surface area contributed by atoms with Crippen LogP contribution in [0.3, 0.4) is 0 Å². The van der Waals surface area contributed by atoms with Gasteiger partial charge in [0.1, 0.15) is 5.75 Å². The fraction of sp³-hybridized carbons (Fsp3) is 0.552. The number of carbonyl (C=O) groups is 1. The number of piperidine rings is 1. The normalized spacial score (nSPS) is 29.9. The summed E-state index contributed by atoms with van der Waals surface area (Å²) in [6.07, 6.45) is 4.83. The van der Waals surface area contributed by atoms with Gasteiger partial charge in [-0.2, -0.15) is 0 Å². The van der Waals surface area contributed by atoms with Crippen LogP contribution in [-0.4, -0.2) is 65.7 Å². The van der Waals surface area contributed by atoms with E-state index >= 15 is 0 Å². The number of benzene rings is 2. The zero-order valence-corrected chi connectivity index (χ0v) is 20.8. The summed E-state index contributed by atoms with van der Waals surface area (Å²) in [6.45, 7) is 7.61. The first-order chi connectivity index (χ1) is 16.4. The van der Waals surface area contributed by atoms with Crippen molar-refractivity contribution < 1.29 is 14.6 Å². The van der Waals surface area contributed by atoms with Crippen molar-refractivity contribution in [3.8, 4) is 5.75 Å². The highest BCUT2D eigenvalue weighted by Gasteiger charge is 2.59. The fourth-order valence-corrected chi connectivity index (χ4v) is 6.57. The Labute approximate surface area is 203 Å². The van der Waals surface area contributed by atoms with E-state index in [1.807, 2.05) is 41.3 Å². The Hall–Kier alpha value is -2.37. The molecule has 1 saturated carbocycles. The van der Waals surface area contributed by atoms with Gasteiger partial charge in [-0.15, -0.1) is 0 Å². The highest BCUT2D eigenvalue weighted by molar-refractivity contribution is 5.94. The van der Waals surface area contributed by atoms with Gasteiger partial charge in [0, 0.05) is 36.7 Å². The maximum atomic E-state index is 13.4. The fourth-order valence-electron chi connectivity index (χ4n) is 6.57. The highest BCUT2D eigenvalue weighted by atomic mass is 16.5. The molecular weight excluding hydrogens is 424 g/mol. The molecule has 182 valence electrons. The van der Waals surface area contributed by atoms with Crippen molar-refractivity contribution in [2.45, 2.75) is 63.0 Å². The van der Waals surface area contributed by atoms with E-state index in [1.54, 1.807) is 7.11 Å². The minimum atomic E-state index is -0.928. The molecule has 3 aliphatic rings. The van der Waals surface area contributed by atoms with Gasteiger partial charge in [-0.1, -0.05) is 24.3 Å². The molecule has 2 aliphatic heterocycles. The number of hydrogen-bond donors (Lipinski definition) is 1. The molecule has 5 rings (SSSR count). The quantitative estimate of drug-likeness (QED) is 0.715. The first-order valence-electron chi connectivity index (χ1n) is 12.8. The van der Waals surface area contributed by atoms with Crippen LogP contribution in [0.2, 0.25) is 0 Å². The van der Waals surface area contributed by atoms with E-state index in [4.69, 9.17) is 4.74 Å². The van der Waals surface area contributed by atoms with Crippen molar-refractivity contribution in [1.82, 2.24) is 9.80 Å². The second-order valence-electron chi connectivity index (χ2n) is 10.7. The number of likely N-dealkylation sites (tertiary alicyclic amines) is 2. The minimum absolute atomic E-state index is 0.0271. The van der Waals surface area contributed by atoms with E-state index in [-0.39, 0.29) is 11.9 Å². The van der Waals surface area contributed by atoms with Crippen molar-refractivity contribution in [3.63, 3.8) is 0 Å². The number of aliphatic hydroxyl groups is 1. The summed E-state index contributed by atoms with van der Waals surface area (Å²) in [4.78, 5) is 17.9. The molecule has 0 bridgehead atoms. The van der Waals surface area contributed by atoms with Crippen LogP contribution in [-0.2, 0) is 5.41 Å². The molecule has 0 spiro atoms. The maximum Gasteiger partial charge on any atom is 0.253 e. The van der Waals surface area contributed by atoms with E-state index in [9.17, 15) is 9.90 Å². The topological polar surface area (TPSA) is 53.0 Å². The molecule has 5 heteroatoms. The first kappa shape index (κ1) is 23.4. The van der Waals surface area contributed by atoms with Gasteiger partial charge in [0.2, 0.25) is 0 Å². The smallest absolute Gasteiger partial charge is 0.253 e. The van der Waals surface area contributed by atoms with Gasteiger partial charge in [-0.3, -0.25) is 9.69 Å². The molecule has 2 aromatic carbocycles. The molecule has 0 radical (unpaired) electrons. The summed E-state index contributed by atoms with van der Waals surface area (Å²) in [5.41, 5.74) is 1.74. The molecule has 5 nitrogen and oxygen atoms in total. The standard InChI is InChI=1S/C29H38N2O3/c1-21-9-12-25(34-3)19-26(21)28-13-16-30(27(32)24-7-5-4-6-8-24)18-15-29(28,33)22(2)31(17-14-28)20-23-10-11-23/h4-9,12,19,22-23,33H,10-11,13-18,20H2,1-3H3. The third-order valence-corrected chi connectivity index (χ3v) is 8.92. The summed E-state index contributed by atoms with van der Waals surface area (Å²) in [6, 6.07) is 15.8. The third kappa shape index (κ3) is 3.93. The van der Waals surface area contributed by atoms with Crippen molar-refractivity contribution in [3.05, 3.63) is 65.2 Å². The predicted octanol–water partition coefficient (Wildman–Crippen LogP) is 4.41. The van der Waals surface area contributed by atoms with Gasteiger partial charge in [0.05, 0.1) is 12.7 Å². The summed E-state index contributed by atoms with van der Waals surface area (Å²) >= 11 is 0. The van der Waals surface area contributed by atoms with Crippen LogP contribution < -0.4 is 4.74 Å². The number of aryl methyl sites for hydroxylation is 1. The zero-order chi connectivity index (χ0) is 23.9. The average Bonchev–Trinajstić information content (AvgIpc) is 3.69. The number of methoxy groups -OCH3 is 1. The highest BCUT2D eigenvalue weighted by Crippen LogP contribution is 2.53. The SMILES string of the molecule is COc1ccc(C)c(C23CCN(C(=O)c4ccccc4)CCC2(O)C(C)N(CC2CC2)CC3)c1. The number of amides is 1. The van der Waals surface area contributed by atoms with Gasteiger partial charge in [0.25, 0.3) is 5.91 Å². The summed E-state index contributed by atoms with van der Waals surface area (Å²) in [5, 5.41) is 12.7. The van der Waals surface area contributed by atoms with Crippen LogP contribution in [0.15, 0.2) is 48.5 Å². The van der Waals surface area contributed by atoms with Crippen molar-refractivity contribution >= 4 is 5.91 Å². The molecular formula is C29H38N2O3. The molecule has 1 amide bonds. The van der Waals surface area contributed by atoms with Crippen LogP contribution >= 0.6 is 0 Å². The molecule has 2 saturated heterocycles. The summed E-state index contributed by atoms with van der Waals surface area (Å²) in [5.74, 6) is 1.66. The van der Waals surface area contributed by atoms with Gasteiger partial charge in [0.15, 0.2) is 0 Å². The molecule has 1 N–H and O–H groups in total. The van der Waals surface area contributed by atoms with Crippen LogP contribution in [0.5, 0.6) is 5.75 Å². The van der Waals surface area contributed by atoms with E-state index in [2.05, 4.69) is 30.9 Å². The first-order valence-corrected chi connectivity index (χ1v) is 12.8. The summed E-state index contributed by atoms with van der Waals surface area (Å²) in [7, 11) is 1.70. The van der Waals surface area contributed by atoms with Crippen LogP contribution in [0.4, 0.5) is 0 Å². The van der Waals surface area contributed by atoms with E-state index in [1.165, 1.54) is 24.0 Å². The number of nitrogens with zero attached hydrogens (tertiary/aromatic N) is 2. The van der Waals surface area contributed by atoms with Crippen LogP contribution in [0.1, 0.15) is 60.5 Å². The monoisotopic (exact) mass is 462 g/mol. The van der Waals surface area contributed by atoms with Crippen LogP contribution in [0.25, 0.3) is 0 Å². The maximum absolute atomic E-state index is 13.4. The third-order valence-electron chi connectivity index (χ3n) is 8.92. The second-order valence-corrected chi connectivity index (χ2v) is 10.7. The largest absolute Gasteiger partial charge is 0.497 e. The van der Waals surface area contributed by atoms with Gasteiger partial charge >= 0.3 is 0 Å². The van der Waals surface area contributed by atoms with E-state index < -0.39 is 11.0 Å². The summed E-state index contributed by atoms with van der Waals surface area (Å²) < 4.78 is 5.61. The number of hydrogen-bond acceptors (Lipinski definition) is 4. The number of ether oxygens (including phenoxy) is 1. The molecule has 3 atom stereocenters. The van der Waals surface area contributed by atoms with E-state index in [0.29, 0.717) is 19.5 Å². The lowest BCUT2D eigenvalue weighted by Crippen LogP contribution is -2.68. The lowest BCUT2D eigenvalue weighted by molar-refractivity contribution is -0.136. The van der Waals surface area contributed by atoms with Crippen LogP contribution in [0, 0.1) is 12.8 Å². The minimum Gasteiger partial charge on any atom is -0.497 e. The van der Waals surface area contributed by atoms with E-state index in [0.717, 1.165) is 43.2 Å². The van der Waals surface area contributed by atoms with Gasteiger partial charge < -0.3 is 14.7 Å². The van der Waals surface area contributed by atoms with Gasteiger partial charge in [-0.25, -0.2) is 0 Å². The number of fused-ring (bicyclic) bond motifs is 1. The van der Waals surface area contributed by atoms with Crippen molar-refractivity contribution in [2.75, 3.05) is 33.3 Å². The molecule has 0 aromatic heterocycles. The Morgan fingerprint density at radius 3 is 2.47 bits per heavy atom. The van der Waals surface area contributed by atoms with Gasteiger partial charge in [-0.05, 0) is 93.8 Å². The lowest BCUT2D eigenvalue weighted by atomic mass is 9.57. The molecule has 3 fully saturated rings. The molecule has 34 heavy (non-hydrogen) atoms. The van der Waals surface area contributed by atoms with Crippen molar-refractivity contribution in [2.24, 2.45) is 5.92 Å². The average molecular weight is 463 g/mol. The zero-order valence-electron chi connectivity index (χ0n) is 20.8. The second kappa shape index (κ2) is 9.01. The number of rotatable bonds is 5. The van der Waals surface area contributed by atoms with Crippen molar-refractivity contribution in [1.29, 1.82) is 0 Å². The Bertz CT molecular complexity index is 1040. The molecule has 2 heterocycles. The Morgan fingerprint density at radius 2 is 1.76 bits per heavy atom.